The van der Waals surface area contributed by atoms with Crippen molar-refractivity contribution in [2.24, 2.45) is 0 Å². The molecule has 2 rings (SSSR count). The molecule has 1 heterocycles. The zero-order valence-electron chi connectivity index (χ0n) is 7.79. The van der Waals surface area contributed by atoms with E-state index in [2.05, 4.69) is 0 Å². The predicted octanol–water partition coefficient (Wildman–Crippen LogP) is 1.86. The monoisotopic (exact) mass is 214 g/mol. The molecule has 0 saturated heterocycles. The maximum Gasteiger partial charge on any atom is 0.231 e. The molecule has 3 nitrogen and oxygen atoms in total. The largest absolute Gasteiger partial charge is 0.454 e. The highest BCUT2D eigenvalue weighted by Crippen LogP contribution is 2.35. The van der Waals surface area contributed by atoms with Crippen LogP contribution in [0.3, 0.4) is 0 Å². The Balaban J connectivity index is 2.38. The third-order valence-corrected chi connectivity index (χ3v) is 2.78. The topological polar surface area (TPSA) is 38.7 Å². The summed E-state index contributed by atoms with van der Waals surface area (Å²) in [6.45, 7) is 1.90. The number of rotatable bonds is 2. The molecule has 14 heavy (non-hydrogen) atoms. The van der Waals surface area contributed by atoms with Gasteiger partial charge in [0.15, 0.2) is 11.5 Å². The molecule has 0 aromatic heterocycles. The molecule has 1 atom stereocenters. The SMILES string of the molecule is CC(O)(CCl)c1ccc2c(c1)OCO2. The van der Waals surface area contributed by atoms with Gasteiger partial charge >= 0.3 is 0 Å². The first-order valence-electron chi connectivity index (χ1n) is 4.32. The lowest BCUT2D eigenvalue weighted by Gasteiger charge is -2.20. The second-order valence-corrected chi connectivity index (χ2v) is 3.74. The number of hydrogen-bond donors (Lipinski definition) is 1. The molecule has 1 aromatic carbocycles. The zero-order chi connectivity index (χ0) is 10.2. The molecule has 76 valence electrons. The van der Waals surface area contributed by atoms with E-state index in [1.807, 2.05) is 0 Å². The first kappa shape index (κ1) is 9.62. The third-order valence-electron chi connectivity index (χ3n) is 2.25. The van der Waals surface area contributed by atoms with Gasteiger partial charge in [-0.3, -0.25) is 0 Å². The van der Waals surface area contributed by atoms with Gasteiger partial charge in [-0.25, -0.2) is 0 Å². The van der Waals surface area contributed by atoms with Crippen molar-refractivity contribution in [3.8, 4) is 11.5 Å². The van der Waals surface area contributed by atoms with E-state index in [-0.39, 0.29) is 12.7 Å². The van der Waals surface area contributed by atoms with Crippen molar-refractivity contribution >= 4 is 11.6 Å². The molecule has 0 bridgehead atoms. The van der Waals surface area contributed by atoms with E-state index in [0.29, 0.717) is 11.5 Å². The van der Waals surface area contributed by atoms with Crippen LogP contribution in [0.1, 0.15) is 12.5 Å². The third kappa shape index (κ3) is 1.53. The summed E-state index contributed by atoms with van der Waals surface area (Å²) in [6, 6.07) is 5.32. The van der Waals surface area contributed by atoms with Crippen LogP contribution in [0.5, 0.6) is 11.5 Å². The van der Waals surface area contributed by atoms with E-state index in [0.717, 1.165) is 5.56 Å². The number of benzene rings is 1. The standard InChI is InChI=1S/C10H11ClO3/c1-10(12,5-11)7-2-3-8-9(4-7)14-6-13-8/h2-4,12H,5-6H2,1H3. The van der Waals surface area contributed by atoms with Crippen LogP contribution in [0, 0.1) is 0 Å². The van der Waals surface area contributed by atoms with Crippen LogP contribution in [0.25, 0.3) is 0 Å². The van der Waals surface area contributed by atoms with Crippen molar-refractivity contribution in [3.63, 3.8) is 0 Å². The van der Waals surface area contributed by atoms with Crippen molar-refractivity contribution in [3.05, 3.63) is 23.8 Å². The molecule has 0 aliphatic carbocycles. The highest BCUT2D eigenvalue weighted by Gasteiger charge is 2.24. The second kappa shape index (κ2) is 3.33. The maximum atomic E-state index is 9.90. The van der Waals surface area contributed by atoms with Gasteiger partial charge in [-0.15, -0.1) is 11.6 Å². The first-order chi connectivity index (χ1) is 6.63. The summed E-state index contributed by atoms with van der Waals surface area (Å²) in [7, 11) is 0. The molecule has 0 amide bonds. The summed E-state index contributed by atoms with van der Waals surface area (Å²) in [5.74, 6) is 1.51. The molecular weight excluding hydrogens is 204 g/mol. The van der Waals surface area contributed by atoms with E-state index in [9.17, 15) is 5.11 Å². The van der Waals surface area contributed by atoms with Gasteiger partial charge in [0, 0.05) is 0 Å². The van der Waals surface area contributed by atoms with Crippen LogP contribution < -0.4 is 9.47 Å². The number of fused-ring (bicyclic) bond motifs is 1. The highest BCUT2D eigenvalue weighted by molar-refractivity contribution is 6.18. The van der Waals surface area contributed by atoms with Crippen molar-refractivity contribution in [1.82, 2.24) is 0 Å². The summed E-state index contributed by atoms with van der Waals surface area (Å²) in [4.78, 5) is 0. The molecular formula is C10H11ClO3. The van der Waals surface area contributed by atoms with Crippen LogP contribution in [0.15, 0.2) is 18.2 Å². The fourth-order valence-corrected chi connectivity index (χ4v) is 1.46. The van der Waals surface area contributed by atoms with Crippen LogP contribution in [0.4, 0.5) is 0 Å². The highest BCUT2D eigenvalue weighted by atomic mass is 35.5. The maximum absolute atomic E-state index is 9.90. The molecule has 0 spiro atoms. The minimum Gasteiger partial charge on any atom is -0.454 e. The summed E-state index contributed by atoms with van der Waals surface area (Å²) in [5, 5.41) is 9.90. The molecule has 1 aliphatic heterocycles. The molecule has 0 fully saturated rings. The predicted molar refractivity (Wildman–Crippen MR) is 52.9 cm³/mol. The second-order valence-electron chi connectivity index (χ2n) is 3.48. The lowest BCUT2D eigenvalue weighted by atomic mass is 9.98. The summed E-state index contributed by atoms with van der Waals surface area (Å²) >= 11 is 5.66. The quantitative estimate of drug-likeness (QED) is 0.764. The van der Waals surface area contributed by atoms with Gasteiger partial charge in [0.1, 0.15) is 5.60 Å². The van der Waals surface area contributed by atoms with Crippen molar-refractivity contribution in [1.29, 1.82) is 0 Å². The van der Waals surface area contributed by atoms with Crippen LogP contribution in [-0.4, -0.2) is 17.8 Å². The molecule has 1 N–H and O–H groups in total. The number of aliphatic hydroxyl groups is 1. The zero-order valence-corrected chi connectivity index (χ0v) is 8.54. The van der Waals surface area contributed by atoms with Gasteiger partial charge in [0.05, 0.1) is 5.88 Å². The average Bonchev–Trinajstić information content (AvgIpc) is 2.64. The summed E-state index contributed by atoms with van der Waals surface area (Å²) in [6.07, 6.45) is 0. The summed E-state index contributed by atoms with van der Waals surface area (Å²) < 4.78 is 10.4. The van der Waals surface area contributed by atoms with E-state index < -0.39 is 5.60 Å². The Hall–Kier alpha value is -0.930. The Morgan fingerprint density at radius 1 is 1.43 bits per heavy atom. The number of ether oxygens (including phenoxy) is 2. The number of halogens is 1. The molecule has 4 heteroatoms. The summed E-state index contributed by atoms with van der Waals surface area (Å²) in [5.41, 5.74) is -0.292. The fraction of sp³-hybridized carbons (Fsp3) is 0.400. The fourth-order valence-electron chi connectivity index (χ4n) is 1.31. The number of hydrogen-bond acceptors (Lipinski definition) is 3. The van der Waals surface area contributed by atoms with Gasteiger partial charge in [0.25, 0.3) is 0 Å². The Kier molecular flexibility index (Phi) is 2.29. The Morgan fingerprint density at radius 2 is 2.14 bits per heavy atom. The van der Waals surface area contributed by atoms with Gasteiger partial charge in [-0.05, 0) is 24.6 Å². The van der Waals surface area contributed by atoms with Crippen molar-refractivity contribution in [2.75, 3.05) is 12.7 Å². The number of alkyl halides is 1. The normalized spacial score (nSPS) is 17.9. The van der Waals surface area contributed by atoms with Gasteiger partial charge in [-0.1, -0.05) is 6.07 Å². The van der Waals surface area contributed by atoms with E-state index in [1.165, 1.54) is 0 Å². The average molecular weight is 215 g/mol. The Bertz CT molecular complexity index is 349. The smallest absolute Gasteiger partial charge is 0.231 e. The lowest BCUT2D eigenvalue weighted by molar-refractivity contribution is 0.0821. The van der Waals surface area contributed by atoms with Gasteiger partial charge in [0.2, 0.25) is 6.79 Å². The Labute approximate surface area is 87.2 Å². The first-order valence-corrected chi connectivity index (χ1v) is 4.85. The van der Waals surface area contributed by atoms with Crippen LogP contribution in [0.2, 0.25) is 0 Å². The van der Waals surface area contributed by atoms with E-state index >= 15 is 0 Å². The van der Waals surface area contributed by atoms with Gasteiger partial charge in [-0.2, -0.15) is 0 Å². The van der Waals surface area contributed by atoms with Gasteiger partial charge < -0.3 is 14.6 Å². The molecule has 1 unspecified atom stereocenters. The van der Waals surface area contributed by atoms with Crippen LogP contribution >= 0.6 is 11.6 Å². The minimum absolute atomic E-state index is 0.145. The molecule has 0 saturated carbocycles. The molecule has 0 radical (unpaired) electrons. The van der Waals surface area contributed by atoms with E-state index in [1.54, 1.807) is 25.1 Å². The van der Waals surface area contributed by atoms with E-state index in [4.69, 9.17) is 21.1 Å². The molecule has 1 aromatic rings. The van der Waals surface area contributed by atoms with Crippen molar-refractivity contribution in [2.45, 2.75) is 12.5 Å². The Morgan fingerprint density at radius 3 is 2.86 bits per heavy atom. The lowest BCUT2D eigenvalue weighted by Crippen LogP contribution is -2.22. The van der Waals surface area contributed by atoms with Crippen LogP contribution in [-0.2, 0) is 5.60 Å². The minimum atomic E-state index is -1.03. The molecule has 1 aliphatic rings. The van der Waals surface area contributed by atoms with Crippen molar-refractivity contribution < 1.29 is 14.6 Å².